The van der Waals surface area contributed by atoms with Crippen LogP contribution in [-0.2, 0) is 6.54 Å². The molecule has 1 aliphatic rings. The predicted octanol–water partition coefficient (Wildman–Crippen LogP) is 2.00. The molecule has 1 unspecified atom stereocenters. The summed E-state index contributed by atoms with van der Waals surface area (Å²) in [7, 11) is 0. The highest BCUT2D eigenvalue weighted by atomic mass is 15.2. The van der Waals surface area contributed by atoms with Crippen molar-refractivity contribution in [2.45, 2.75) is 39.7 Å². The second kappa shape index (κ2) is 2.50. The number of rotatable bonds is 2. The van der Waals surface area contributed by atoms with Crippen molar-refractivity contribution in [3.8, 4) is 0 Å². The molecule has 0 radical (unpaired) electrons. The maximum atomic E-state index is 5.76. The number of hydrogen-bond acceptors (Lipinski definition) is 2. The van der Waals surface area contributed by atoms with Gasteiger partial charge in [-0.25, -0.2) is 4.98 Å². The molecule has 1 aliphatic carbocycles. The maximum Gasteiger partial charge on any atom is 0.200 e. The van der Waals surface area contributed by atoms with Crippen molar-refractivity contribution in [1.29, 1.82) is 0 Å². The smallest absolute Gasteiger partial charge is 0.200 e. The molecule has 1 saturated carbocycles. The van der Waals surface area contributed by atoms with E-state index in [4.69, 9.17) is 5.73 Å². The Morgan fingerprint density at radius 2 is 2.31 bits per heavy atom. The predicted molar refractivity (Wildman–Crippen MR) is 53.5 cm³/mol. The van der Waals surface area contributed by atoms with Crippen molar-refractivity contribution in [2.75, 3.05) is 5.73 Å². The highest BCUT2D eigenvalue weighted by Gasteiger charge is 2.48. The molecule has 13 heavy (non-hydrogen) atoms. The van der Waals surface area contributed by atoms with Gasteiger partial charge in [-0.2, -0.15) is 0 Å². The summed E-state index contributed by atoms with van der Waals surface area (Å²) in [5, 5.41) is 0. The van der Waals surface area contributed by atoms with Crippen LogP contribution in [0.25, 0.3) is 0 Å². The second-order valence-electron chi connectivity index (χ2n) is 4.53. The molecule has 0 amide bonds. The Morgan fingerprint density at radius 1 is 1.69 bits per heavy atom. The van der Waals surface area contributed by atoms with E-state index in [0.717, 1.165) is 6.54 Å². The summed E-state index contributed by atoms with van der Waals surface area (Å²) >= 11 is 0. The Bertz CT molecular complexity index is 325. The number of nitrogen functional groups attached to an aromatic ring is 1. The molecule has 2 N–H and O–H groups in total. The lowest BCUT2D eigenvalue weighted by molar-refractivity contribution is 0.597. The SMILES string of the molecule is CCn1c(C2CC2(C)C)cnc1N. The first kappa shape index (κ1) is 8.60. The number of aromatic nitrogens is 2. The summed E-state index contributed by atoms with van der Waals surface area (Å²) in [6.45, 7) is 7.62. The Morgan fingerprint density at radius 3 is 2.77 bits per heavy atom. The van der Waals surface area contributed by atoms with Crippen molar-refractivity contribution in [2.24, 2.45) is 5.41 Å². The monoisotopic (exact) mass is 179 g/mol. The number of imidazole rings is 1. The summed E-state index contributed by atoms with van der Waals surface area (Å²) in [5.41, 5.74) is 7.53. The van der Waals surface area contributed by atoms with E-state index in [1.165, 1.54) is 12.1 Å². The summed E-state index contributed by atoms with van der Waals surface area (Å²) in [5.74, 6) is 1.32. The Labute approximate surface area is 79.0 Å². The first-order valence-electron chi connectivity index (χ1n) is 4.87. The summed E-state index contributed by atoms with van der Waals surface area (Å²) in [6, 6.07) is 0. The molecule has 1 fully saturated rings. The first-order chi connectivity index (χ1) is 6.06. The van der Waals surface area contributed by atoms with Gasteiger partial charge in [-0.15, -0.1) is 0 Å². The van der Waals surface area contributed by atoms with Gasteiger partial charge in [0.15, 0.2) is 5.95 Å². The Kier molecular flexibility index (Phi) is 1.65. The molecule has 1 heterocycles. The van der Waals surface area contributed by atoms with E-state index < -0.39 is 0 Å². The van der Waals surface area contributed by atoms with E-state index >= 15 is 0 Å². The van der Waals surface area contributed by atoms with Crippen molar-refractivity contribution in [1.82, 2.24) is 9.55 Å². The summed E-state index contributed by atoms with van der Waals surface area (Å²) < 4.78 is 2.11. The highest BCUT2D eigenvalue weighted by Crippen LogP contribution is 2.58. The number of nitrogens with zero attached hydrogens (tertiary/aromatic N) is 2. The van der Waals surface area contributed by atoms with E-state index in [1.54, 1.807) is 0 Å². The van der Waals surface area contributed by atoms with Gasteiger partial charge in [-0.1, -0.05) is 13.8 Å². The average molecular weight is 179 g/mol. The zero-order chi connectivity index (χ0) is 9.64. The third kappa shape index (κ3) is 1.23. The van der Waals surface area contributed by atoms with Crippen molar-refractivity contribution in [3.05, 3.63) is 11.9 Å². The quantitative estimate of drug-likeness (QED) is 0.754. The van der Waals surface area contributed by atoms with E-state index in [-0.39, 0.29) is 0 Å². The average Bonchev–Trinajstić information content (AvgIpc) is 2.55. The third-order valence-electron chi connectivity index (χ3n) is 3.10. The molecular weight excluding hydrogens is 162 g/mol. The van der Waals surface area contributed by atoms with Gasteiger partial charge < -0.3 is 10.3 Å². The van der Waals surface area contributed by atoms with Gasteiger partial charge in [-0.3, -0.25) is 0 Å². The lowest BCUT2D eigenvalue weighted by Gasteiger charge is -2.07. The van der Waals surface area contributed by atoms with Crippen LogP contribution in [0.2, 0.25) is 0 Å². The maximum absolute atomic E-state index is 5.76. The zero-order valence-electron chi connectivity index (χ0n) is 8.54. The van der Waals surface area contributed by atoms with Gasteiger partial charge in [0.2, 0.25) is 0 Å². The lowest BCUT2D eigenvalue weighted by Crippen LogP contribution is -2.05. The van der Waals surface area contributed by atoms with Crippen LogP contribution in [0, 0.1) is 5.41 Å². The van der Waals surface area contributed by atoms with Gasteiger partial charge in [0.1, 0.15) is 0 Å². The lowest BCUT2D eigenvalue weighted by atomic mass is 10.1. The molecule has 1 aromatic heterocycles. The molecule has 72 valence electrons. The summed E-state index contributed by atoms with van der Waals surface area (Å²) in [4.78, 5) is 4.15. The van der Waals surface area contributed by atoms with Crippen LogP contribution in [0.5, 0.6) is 0 Å². The molecule has 0 spiro atoms. The Hall–Kier alpha value is -0.990. The Balaban J connectivity index is 2.32. The van der Waals surface area contributed by atoms with Crippen molar-refractivity contribution >= 4 is 5.95 Å². The molecule has 0 aliphatic heterocycles. The minimum atomic E-state index is 0.458. The van der Waals surface area contributed by atoms with E-state index in [9.17, 15) is 0 Å². The van der Waals surface area contributed by atoms with Gasteiger partial charge in [0.05, 0.1) is 6.20 Å². The van der Waals surface area contributed by atoms with Crippen LogP contribution in [-0.4, -0.2) is 9.55 Å². The van der Waals surface area contributed by atoms with Gasteiger partial charge in [0, 0.05) is 18.2 Å². The van der Waals surface area contributed by atoms with E-state index in [0.29, 0.717) is 17.3 Å². The molecule has 0 aromatic carbocycles. The van der Waals surface area contributed by atoms with Crippen LogP contribution in [0.3, 0.4) is 0 Å². The fraction of sp³-hybridized carbons (Fsp3) is 0.700. The normalized spacial score (nSPS) is 24.7. The molecule has 0 bridgehead atoms. The van der Waals surface area contributed by atoms with Gasteiger partial charge >= 0.3 is 0 Å². The fourth-order valence-electron chi connectivity index (χ4n) is 2.00. The van der Waals surface area contributed by atoms with Crippen molar-refractivity contribution in [3.63, 3.8) is 0 Å². The van der Waals surface area contributed by atoms with Crippen LogP contribution >= 0.6 is 0 Å². The largest absolute Gasteiger partial charge is 0.369 e. The molecule has 3 nitrogen and oxygen atoms in total. The molecule has 2 rings (SSSR count). The first-order valence-corrected chi connectivity index (χ1v) is 4.87. The number of hydrogen-bond donors (Lipinski definition) is 1. The van der Waals surface area contributed by atoms with E-state index in [1.807, 2.05) is 6.20 Å². The third-order valence-corrected chi connectivity index (χ3v) is 3.10. The van der Waals surface area contributed by atoms with Crippen LogP contribution in [0.4, 0.5) is 5.95 Å². The standard InChI is InChI=1S/C10H17N3/c1-4-13-8(6-12-9(13)11)7-5-10(7,2)3/h6-7H,4-5H2,1-3H3,(H2,11,12). The minimum Gasteiger partial charge on any atom is -0.369 e. The van der Waals surface area contributed by atoms with Crippen molar-refractivity contribution < 1.29 is 0 Å². The molecule has 1 atom stereocenters. The minimum absolute atomic E-state index is 0.458. The van der Waals surface area contributed by atoms with Gasteiger partial charge in [-0.05, 0) is 18.8 Å². The number of nitrogens with two attached hydrogens (primary N) is 1. The van der Waals surface area contributed by atoms with Crippen LogP contribution < -0.4 is 5.73 Å². The second-order valence-corrected chi connectivity index (χ2v) is 4.53. The van der Waals surface area contributed by atoms with E-state index in [2.05, 4.69) is 30.3 Å². The highest BCUT2D eigenvalue weighted by molar-refractivity contribution is 5.30. The topological polar surface area (TPSA) is 43.8 Å². The molecule has 3 heteroatoms. The van der Waals surface area contributed by atoms with Crippen LogP contribution in [0.1, 0.15) is 38.8 Å². The molecule has 1 aromatic rings. The summed E-state index contributed by atoms with van der Waals surface area (Å²) in [6.07, 6.45) is 3.19. The fourth-order valence-corrected chi connectivity index (χ4v) is 2.00. The molecular formula is C10H17N3. The van der Waals surface area contributed by atoms with Crippen LogP contribution in [0.15, 0.2) is 6.20 Å². The van der Waals surface area contributed by atoms with Gasteiger partial charge in [0.25, 0.3) is 0 Å². The molecule has 0 saturated heterocycles. The number of anilines is 1. The zero-order valence-corrected chi connectivity index (χ0v) is 8.54.